The fourth-order valence-electron chi connectivity index (χ4n) is 8.84. The van der Waals surface area contributed by atoms with E-state index in [0.717, 1.165) is 74.6 Å². The first kappa shape index (κ1) is 33.5. The molecule has 3 aliphatic rings. The maximum atomic E-state index is 14.1. The molecule has 8 rings (SSSR count). The smallest absolute Gasteiger partial charge is 0.153 e. The highest BCUT2D eigenvalue weighted by atomic mass is 19.1. The second kappa shape index (κ2) is 13.8. The Labute approximate surface area is 298 Å². The third-order valence-corrected chi connectivity index (χ3v) is 11.5. The average molecular weight is 690 g/mol. The van der Waals surface area contributed by atoms with Crippen molar-refractivity contribution in [1.29, 1.82) is 0 Å². The standard InChI is InChI=1S/C42H45F2N5O2/c1-28(2)37-5-3-4-6-38(37)39-26-47(25-29-17-32(43)20-33(44)18-29)15-16-49(39)35-22-42(23-35)10-13-48(14-11-42)34-8-7-31(27-50)40(21-34)51-36-19-30-9-12-45-41(30)46-24-36/h3-9,12,17-21,24,27-28,35,39H,10-11,13-16,22-23,25-26H2,1-2H3,(H,45,46). The highest BCUT2D eigenvalue weighted by Crippen LogP contribution is 2.53. The second-order valence-electron chi connectivity index (χ2n) is 15.1. The largest absolute Gasteiger partial charge is 0.455 e. The highest BCUT2D eigenvalue weighted by molar-refractivity contribution is 5.81. The molecular weight excluding hydrogens is 644 g/mol. The molecular formula is C42H45F2N5O2. The summed E-state index contributed by atoms with van der Waals surface area (Å²) in [5.41, 5.74) is 6.14. The number of hydrogen-bond acceptors (Lipinski definition) is 6. The summed E-state index contributed by atoms with van der Waals surface area (Å²) >= 11 is 0. The summed E-state index contributed by atoms with van der Waals surface area (Å²) in [6.07, 6.45) is 8.98. The molecule has 3 aromatic carbocycles. The van der Waals surface area contributed by atoms with E-state index >= 15 is 0 Å². The van der Waals surface area contributed by atoms with Crippen molar-refractivity contribution in [2.24, 2.45) is 5.41 Å². The predicted molar refractivity (Wildman–Crippen MR) is 197 cm³/mol. The van der Waals surface area contributed by atoms with Crippen LogP contribution in [0, 0.1) is 17.0 Å². The first-order valence-electron chi connectivity index (χ1n) is 18.2. The number of nitrogens with zero attached hydrogens (tertiary/aromatic N) is 4. The molecule has 7 nitrogen and oxygen atoms in total. The van der Waals surface area contributed by atoms with Gasteiger partial charge >= 0.3 is 0 Å². The molecule has 9 heteroatoms. The van der Waals surface area contributed by atoms with E-state index in [1.807, 2.05) is 36.5 Å². The lowest BCUT2D eigenvalue weighted by Gasteiger charge is -2.58. The van der Waals surface area contributed by atoms with Crippen LogP contribution in [-0.2, 0) is 6.54 Å². The number of ether oxygens (including phenoxy) is 1. The summed E-state index contributed by atoms with van der Waals surface area (Å²) in [6.45, 7) is 9.59. The van der Waals surface area contributed by atoms with Crippen molar-refractivity contribution in [1.82, 2.24) is 19.8 Å². The molecule has 1 spiro atoms. The first-order chi connectivity index (χ1) is 24.8. The quantitative estimate of drug-likeness (QED) is 0.156. The van der Waals surface area contributed by atoms with E-state index in [-0.39, 0.29) is 6.04 Å². The third-order valence-electron chi connectivity index (χ3n) is 11.5. The van der Waals surface area contributed by atoms with Gasteiger partial charge in [-0.25, -0.2) is 13.8 Å². The fraction of sp³-hybridized carbons (Fsp3) is 0.381. The van der Waals surface area contributed by atoms with E-state index < -0.39 is 11.6 Å². The van der Waals surface area contributed by atoms with Crippen LogP contribution in [0.15, 0.2) is 85.2 Å². The summed E-state index contributed by atoms with van der Waals surface area (Å²) in [6, 6.07) is 23.2. The zero-order chi connectivity index (χ0) is 35.1. The number of piperazine rings is 1. The minimum absolute atomic E-state index is 0.223. The van der Waals surface area contributed by atoms with Crippen molar-refractivity contribution in [3.05, 3.63) is 119 Å². The van der Waals surface area contributed by atoms with Gasteiger partial charge in [-0.05, 0) is 90.1 Å². The lowest BCUT2D eigenvalue weighted by atomic mass is 9.59. The molecule has 0 radical (unpaired) electrons. The fourth-order valence-corrected chi connectivity index (χ4v) is 8.84. The summed E-state index contributed by atoms with van der Waals surface area (Å²) in [5.74, 6) is 0.493. The summed E-state index contributed by atoms with van der Waals surface area (Å²) < 4.78 is 34.3. The topological polar surface area (TPSA) is 64.7 Å². The van der Waals surface area contributed by atoms with Crippen LogP contribution in [0.5, 0.6) is 11.5 Å². The van der Waals surface area contributed by atoms with E-state index in [1.165, 1.54) is 36.1 Å². The Morgan fingerprint density at radius 2 is 1.75 bits per heavy atom. The number of halogens is 2. The van der Waals surface area contributed by atoms with Gasteiger partial charge in [-0.2, -0.15) is 0 Å². The number of rotatable bonds is 9. The lowest BCUT2D eigenvalue weighted by Crippen LogP contribution is -2.60. The third kappa shape index (κ3) is 6.89. The molecule has 1 atom stereocenters. The Hall–Kier alpha value is -4.60. The number of anilines is 1. The molecule has 264 valence electrons. The molecule has 1 saturated carbocycles. The van der Waals surface area contributed by atoms with E-state index in [9.17, 15) is 13.6 Å². The average Bonchev–Trinajstić information content (AvgIpc) is 3.58. The number of H-pyrrole nitrogens is 1. The number of nitrogens with one attached hydrogen (secondary N) is 1. The van der Waals surface area contributed by atoms with Crippen LogP contribution >= 0.6 is 0 Å². The Morgan fingerprint density at radius 3 is 2.51 bits per heavy atom. The van der Waals surface area contributed by atoms with Crippen molar-refractivity contribution < 1.29 is 18.3 Å². The number of carbonyl (C=O) groups excluding carboxylic acids is 1. The van der Waals surface area contributed by atoms with Crippen LogP contribution in [0.1, 0.15) is 78.5 Å². The van der Waals surface area contributed by atoms with Gasteiger partial charge in [0.2, 0.25) is 0 Å². The number of carbonyl (C=O) groups is 1. The maximum absolute atomic E-state index is 14.1. The number of aromatic amines is 1. The monoisotopic (exact) mass is 689 g/mol. The van der Waals surface area contributed by atoms with Crippen LogP contribution in [-0.4, -0.2) is 64.8 Å². The zero-order valence-corrected chi connectivity index (χ0v) is 29.3. The van der Waals surface area contributed by atoms with E-state index in [4.69, 9.17) is 4.74 Å². The van der Waals surface area contributed by atoms with Gasteiger partial charge in [0.05, 0.1) is 11.8 Å². The number of benzene rings is 3. The molecule has 2 aliphatic heterocycles. The van der Waals surface area contributed by atoms with Crippen LogP contribution < -0.4 is 9.64 Å². The highest BCUT2D eigenvalue weighted by Gasteiger charge is 2.50. The summed E-state index contributed by atoms with van der Waals surface area (Å²) in [5, 5.41) is 0.953. The maximum Gasteiger partial charge on any atom is 0.153 e. The lowest BCUT2D eigenvalue weighted by molar-refractivity contribution is -0.0628. The molecule has 3 fully saturated rings. The Morgan fingerprint density at radius 1 is 0.961 bits per heavy atom. The number of hydrogen-bond donors (Lipinski definition) is 1. The first-order valence-corrected chi connectivity index (χ1v) is 18.2. The summed E-state index contributed by atoms with van der Waals surface area (Å²) in [7, 11) is 0. The Balaban J connectivity index is 0.945. The normalized spacial score (nSPS) is 19.9. The number of fused-ring (bicyclic) bond motifs is 1. The molecule has 5 aromatic rings. The van der Waals surface area contributed by atoms with Gasteiger partial charge in [-0.1, -0.05) is 38.1 Å². The molecule has 0 bridgehead atoms. The van der Waals surface area contributed by atoms with Gasteiger partial charge in [0.25, 0.3) is 0 Å². The number of aldehydes is 1. The molecule has 1 unspecified atom stereocenters. The van der Waals surface area contributed by atoms with Gasteiger partial charge in [0.1, 0.15) is 28.8 Å². The van der Waals surface area contributed by atoms with Crippen LogP contribution in [0.2, 0.25) is 0 Å². The van der Waals surface area contributed by atoms with Gasteiger partial charge < -0.3 is 14.6 Å². The Kier molecular flexibility index (Phi) is 9.11. The molecule has 2 saturated heterocycles. The molecule has 2 aromatic heterocycles. The van der Waals surface area contributed by atoms with E-state index in [0.29, 0.717) is 46.5 Å². The molecule has 4 heterocycles. The number of pyridine rings is 1. The van der Waals surface area contributed by atoms with Crippen LogP contribution in [0.4, 0.5) is 14.5 Å². The number of piperidine rings is 1. The van der Waals surface area contributed by atoms with E-state index in [2.05, 4.69) is 62.8 Å². The van der Waals surface area contributed by atoms with Crippen molar-refractivity contribution in [2.45, 2.75) is 64.1 Å². The van der Waals surface area contributed by atoms with Crippen LogP contribution in [0.3, 0.4) is 0 Å². The van der Waals surface area contributed by atoms with Gasteiger partial charge in [0.15, 0.2) is 6.29 Å². The van der Waals surface area contributed by atoms with Crippen LogP contribution in [0.25, 0.3) is 11.0 Å². The Bertz CT molecular complexity index is 2010. The number of aromatic nitrogens is 2. The van der Waals surface area contributed by atoms with Crippen molar-refractivity contribution in [3.63, 3.8) is 0 Å². The SMILES string of the molecule is CC(C)c1ccccc1C1CN(Cc2cc(F)cc(F)c2)CCN1C1CC2(CCN(c3ccc(C=O)c(Oc4cnc5[nH]ccc5c4)c3)CC2)C1. The van der Waals surface area contributed by atoms with Crippen molar-refractivity contribution in [3.8, 4) is 11.5 Å². The minimum atomic E-state index is -0.522. The van der Waals surface area contributed by atoms with E-state index in [1.54, 1.807) is 6.20 Å². The predicted octanol–water partition coefficient (Wildman–Crippen LogP) is 8.88. The molecule has 0 amide bonds. The van der Waals surface area contributed by atoms with Gasteiger partial charge in [0, 0.05) is 80.8 Å². The molecule has 1 aliphatic carbocycles. The summed E-state index contributed by atoms with van der Waals surface area (Å²) in [4.78, 5) is 27.0. The van der Waals surface area contributed by atoms with Gasteiger partial charge in [-0.3, -0.25) is 14.6 Å². The van der Waals surface area contributed by atoms with Gasteiger partial charge in [-0.15, -0.1) is 0 Å². The molecule has 1 N–H and O–H groups in total. The molecule has 51 heavy (non-hydrogen) atoms. The second-order valence-corrected chi connectivity index (χ2v) is 15.1. The minimum Gasteiger partial charge on any atom is -0.455 e. The zero-order valence-electron chi connectivity index (χ0n) is 29.3. The van der Waals surface area contributed by atoms with Crippen molar-refractivity contribution in [2.75, 3.05) is 37.6 Å². The van der Waals surface area contributed by atoms with Crippen molar-refractivity contribution >= 4 is 23.0 Å².